The summed E-state index contributed by atoms with van der Waals surface area (Å²) in [6.45, 7) is 8.07. The number of rotatable bonds is 2. The monoisotopic (exact) mass is 399 g/mol. The van der Waals surface area contributed by atoms with Gasteiger partial charge in [0.25, 0.3) is 11.8 Å². The van der Waals surface area contributed by atoms with E-state index in [0.717, 1.165) is 5.01 Å². The van der Waals surface area contributed by atoms with Crippen molar-refractivity contribution in [1.29, 1.82) is 0 Å². The minimum atomic E-state index is -1.77. The minimum Gasteiger partial charge on any atom is -0.540 e. The predicted octanol–water partition coefficient (Wildman–Crippen LogP) is 0.124. The molecule has 2 heterocycles. The van der Waals surface area contributed by atoms with E-state index in [-0.39, 0.29) is 38.8 Å². The maximum Gasteiger partial charge on any atom is 0.408 e. The second kappa shape index (κ2) is 6.47. The van der Waals surface area contributed by atoms with Gasteiger partial charge in [-0.25, -0.2) is 16.1 Å². The normalized spacial score (nSPS) is 30.0. The topological polar surface area (TPSA) is 96.0 Å². The molecule has 0 aromatic rings. The van der Waals surface area contributed by atoms with Gasteiger partial charge in [0.05, 0.1) is 6.04 Å². The summed E-state index contributed by atoms with van der Waals surface area (Å²) in [4.78, 5) is 48.0. The molecule has 2 aliphatic rings. The maximum absolute atomic E-state index is 12.6. The van der Waals surface area contributed by atoms with Gasteiger partial charge in [0.2, 0.25) is 5.54 Å². The Kier molecular flexibility index (Phi) is 5.64. The Morgan fingerprint density at radius 3 is 2.30 bits per heavy atom. The average molecular weight is 399 g/mol. The third kappa shape index (κ3) is 3.43. The Morgan fingerprint density at radius 2 is 1.83 bits per heavy atom. The molecule has 8 nitrogen and oxygen atoms in total. The van der Waals surface area contributed by atoms with Crippen molar-refractivity contribution < 1.29 is 56.6 Å². The van der Waals surface area contributed by atoms with Gasteiger partial charge >= 0.3 is 6.09 Å². The summed E-state index contributed by atoms with van der Waals surface area (Å²) in [7, 11) is 0. The first kappa shape index (κ1) is 20.0. The van der Waals surface area contributed by atoms with Crippen LogP contribution >= 0.6 is 0 Å². The van der Waals surface area contributed by atoms with E-state index in [1.54, 1.807) is 34.0 Å². The van der Waals surface area contributed by atoms with Crippen LogP contribution in [0.25, 0.3) is 0 Å². The van der Waals surface area contributed by atoms with Gasteiger partial charge in [0, 0.05) is 32.7 Å². The molecular formula is C14H20N3O5Y-. The first-order valence-corrected chi connectivity index (χ1v) is 7.07. The van der Waals surface area contributed by atoms with Crippen LogP contribution in [0.1, 0.15) is 41.0 Å². The first-order chi connectivity index (χ1) is 10.0. The molecule has 2 saturated heterocycles. The number of hydrazine groups is 1. The Labute approximate surface area is 160 Å². The summed E-state index contributed by atoms with van der Waals surface area (Å²) < 4.78 is 5.09. The summed E-state index contributed by atoms with van der Waals surface area (Å²) in [5, 5.41) is 4.63. The smallest absolute Gasteiger partial charge is 0.408 e. The number of fused-ring (bicyclic) bond motifs is 1. The molecule has 2 rings (SSSR count). The molecule has 1 N–H and O–H groups in total. The number of hydrogen-bond acceptors (Lipinski definition) is 5. The third-order valence-corrected chi connectivity index (χ3v) is 3.67. The zero-order valence-electron chi connectivity index (χ0n) is 13.9. The number of amides is 3. The van der Waals surface area contributed by atoms with E-state index in [1.165, 1.54) is 11.9 Å². The van der Waals surface area contributed by atoms with Crippen LogP contribution in [0.3, 0.4) is 0 Å². The van der Waals surface area contributed by atoms with Gasteiger partial charge in [-0.1, -0.05) is 0 Å². The van der Waals surface area contributed by atoms with Gasteiger partial charge in [-0.2, -0.15) is 0 Å². The van der Waals surface area contributed by atoms with Gasteiger partial charge in [0.15, 0.2) is 0 Å². The van der Waals surface area contributed by atoms with Crippen molar-refractivity contribution in [3.63, 3.8) is 0 Å². The molecular weight excluding hydrogens is 379 g/mol. The van der Waals surface area contributed by atoms with E-state index in [2.05, 4.69) is 5.32 Å². The molecule has 3 amide bonds. The predicted molar refractivity (Wildman–Crippen MR) is 75.0 cm³/mol. The van der Waals surface area contributed by atoms with E-state index >= 15 is 0 Å². The van der Waals surface area contributed by atoms with Crippen LogP contribution in [-0.2, 0) is 51.8 Å². The van der Waals surface area contributed by atoms with Crippen LogP contribution in [-0.4, -0.2) is 57.4 Å². The fourth-order valence-corrected chi connectivity index (χ4v) is 2.69. The van der Waals surface area contributed by atoms with Crippen molar-refractivity contribution in [1.82, 2.24) is 15.3 Å². The Morgan fingerprint density at radius 1 is 1.30 bits per heavy atom. The van der Waals surface area contributed by atoms with E-state index < -0.39 is 35.1 Å². The number of carbonyl (C=O) groups is 3. The zero-order chi connectivity index (χ0) is 16.9. The first-order valence-electron chi connectivity index (χ1n) is 7.07. The van der Waals surface area contributed by atoms with Gasteiger partial charge in [-0.15, -0.1) is 0 Å². The fraction of sp³-hybridized carbons (Fsp3) is 0.714. The van der Waals surface area contributed by atoms with Crippen molar-refractivity contribution in [2.75, 3.05) is 0 Å². The minimum absolute atomic E-state index is 0. The number of ether oxygens (including phenoxy) is 1. The molecule has 3 unspecified atom stereocenters. The fourth-order valence-electron chi connectivity index (χ4n) is 2.69. The van der Waals surface area contributed by atoms with E-state index in [9.17, 15) is 19.2 Å². The van der Waals surface area contributed by atoms with Crippen molar-refractivity contribution in [2.45, 2.75) is 64.3 Å². The van der Waals surface area contributed by atoms with E-state index in [4.69, 9.17) is 4.74 Å². The summed E-state index contributed by atoms with van der Waals surface area (Å²) in [5.41, 5.74) is -2.53. The molecule has 0 aromatic carbocycles. The van der Waals surface area contributed by atoms with Crippen LogP contribution in [0.5, 0.6) is 0 Å². The van der Waals surface area contributed by atoms with Gasteiger partial charge in [-0.05, 0) is 47.1 Å². The SMILES string of the molecule is CC1CC([C-]=O)N2C(=O)C(C)(NC(=O)OC(C)(C)C)C(=O)N12.[Y]. The maximum atomic E-state index is 12.6. The van der Waals surface area contributed by atoms with Gasteiger partial charge in [0.1, 0.15) is 5.60 Å². The number of carbonyl (C=O) groups excluding carboxylic acids is 4. The largest absolute Gasteiger partial charge is 0.540 e. The quantitative estimate of drug-likeness (QED) is 0.526. The van der Waals surface area contributed by atoms with Crippen LogP contribution in [0, 0.1) is 0 Å². The summed E-state index contributed by atoms with van der Waals surface area (Å²) in [6.07, 6.45) is 1.24. The summed E-state index contributed by atoms with van der Waals surface area (Å²) in [5.74, 6) is -1.23. The summed E-state index contributed by atoms with van der Waals surface area (Å²) in [6, 6.07) is -1.13. The standard InChI is InChI=1S/C14H20N3O5.Y/c1-8-6-9(7-18)17-11(20)14(5,10(19)16(8)17)15-12(21)22-13(2,3)4;/h8-9H,6H2,1-5H3,(H,15,21);/q-1;. The average Bonchev–Trinajstić information content (AvgIpc) is 2.78. The third-order valence-electron chi connectivity index (χ3n) is 3.67. The molecule has 23 heavy (non-hydrogen) atoms. The molecule has 0 spiro atoms. The molecule has 1 radical (unpaired) electrons. The second-order valence-electron chi connectivity index (χ2n) is 6.77. The van der Waals surface area contributed by atoms with Crippen LogP contribution in [0.15, 0.2) is 0 Å². The van der Waals surface area contributed by atoms with Crippen molar-refractivity contribution in [3.8, 4) is 0 Å². The molecule has 2 fully saturated rings. The van der Waals surface area contributed by atoms with Gasteiger partial charge < -0.3 is 9.53 Å². The van der Waals surface area contributed by atoms with Crippen molar-refractivity contribution >= 4 is 24.2 Å². The second-order valence-corrected chi connectivity index (χ2v) is 6.77. The molecule has 0 saturated carbocycles. The number of nitrogens with one attached hydrogen (secondary N) is 1. The molecule has 125 valence electrons. The number of alkyl carbamates (subject to hydrolysis) is 1. The van der Waals surface area contributed by atoms with Gasteiger partial charge in [-0.3, -0.25) is 19.9 Å². The number of nitrogens with zero attached hydrogens (tertiary/aromatic N) is 2. The van der Waals surface area contributed by atoms with Crippen LogP contribution in [0.2, 0.25) is 0 Å². The summed E-state index contributed by atoms with van der Waals surface area (Å²) >= 11 is 0. The molecule has 0 aromatic heterocycles. The zero-order valence-corrected chi connectivity index (χ0v) is 16.7. The molecule has 0 bridgehead atoms. The number of hydrogen-bond donors (Lipinski definition) is 1. The Hall–Kier alpha value is -1.02. The Balaban J connectivity index is 0.00000264. The van der Waals surface area contributed by atoms with Crippen LogP contribution < -0.4 is 5.32 Å². The van der Waals surface area contributed by atoms with Crippen molar-refractivity contribution in [3.05, 3.63) is 0 Å². The van der Waals surface area contributed by atoms with E-state index in [0.29, 0.717) is 6.42 Å². The van der Waals surface area contributed by atoms with E-state index in [1.807, 2.05) is 0 Å². The molecule has 3 atom stereocenters. The molecule has 0 aliphatic carbocycles. The van der Waals surface area contributed by atoms with Crippen LogP contribution in [0.4, 0.5) is 4.79 Å². The molecule has 2 aliphatic heterocycles. The Bertz CT molecular complexity index is 547. The molecule has 9 heteroatoms. The van der Waals surface area contributed by atoms with Crippen molar-refractivity contribution in [2.24, 2.45) is 0 Å².